The van der Waals surface area contributed by atoms with Crippen LogP contribution in [0.25, 0.3) is 16.8 Å². The molecule has 0 spiro atoms. The molecule has 3 aromatic rings. The molecule has 6 heteroatoms. The number of nitrogens with zero attached hydrogens (tertiary/aromatic N) is 3. The number of amides is 1. The summed E-state index contributed by atoms with van der Waals surface area (Å²) >= 11 is 0. The summed E-state index contributed by atoms with van der Waals surface area (Å²) in [5.41, 5.74) is 3.41. The fourth-order valence-electron chi connectivity index (χ4n) is 3.16. The summed E-state index contributed by atoms with van der Waals surface area (Å²) in [5.74, 6) is 0. The van der Waals surface area contributed by atoms with Crippen LogP contribution < -0.4 is 5.32 Å². The Bertz CT molecular complexity index is 866. The second-order valence-electron chi connectivity index (χ2n) is 5.92. The zero-order chi connectivity index (χ0) is 15.9. The highest BCUT2D eigenvalue weighted by Gasteiger charge is 2.40. The molecule has 0 saturated heterocycles. The van der Waals surface area contributed by atoms with Crippen LogP contribution in [0, 0.1) is 0 Å². The summed E-state index contributed by atoms with van der Waals surface area (Å²) in [7, 11) is 0. The quantitative estimate of drug-likeness (QED) is 0.779. The van der Waals surface area contributed by atoms with Gasteiger partial charge in [-0.1, -0.05) is 24.3 Å². The number of benzene rings is 1. The van der Waals surface area contributed by atoms with E-state index in [1.165, 1.54) is 0 Å². The Labute approximate surface area is 132 Å². The van der Waals surface area contributed by atoms with E-state index in [9.17, 15) is 4.79 Å². The zero-order valence-corrected chi connectivity index (χ0v) is 12.4. The second-order valence-corrected chi connectivity index (χ2v) is 5.92. The third-order valence-electron chi connectivity index (χ3n) is 4.57. The SMILES string of the molecule is O=C(O)NC1(c2ccc(-c3cnc4ccnn4c3)cc2)CCC1. The minimum absolute atomic E-state index is 0.422. The van der Waals surface area contributed by atoms with Crippen molar-refractivity contribution in [3.63, 3.8) is 0 Å². The lowest BCUT2D eigenvalue weighted by Crippen LogP contribution is -2.50. The van der Waals surface area contributed by atoms with Crippen molar-refractivity contribution in [2.45, 2.75) is 24.8 Å². The van der Waals surface area contributed by atoms with E-state index in [1.807, 2.05) is 42.7 Å². The van der Waals surface area contributed by atoms with Crippen molar-refractivity contribution >= 4 is 11.7 Å². The van der Waals surface area contributed by atoms with E-state index in [2.05, 4.69) is 15.4 Å². The standard InChI is InChI=1S/C17H16N4O2/c22-16(23)20-17(7-1-8-17)14-4-2-12(3-5-14)13-10-18-15-6-9-19-21(15)11-13/h2-6,9-11,20H,1,7-8H2,(H,22,23). The second kappa shape index (κ2) is 5.08. The Morgan fingerprint density at radius 1 is 1.17 bits per heavy atom. The van der Waals surface area contributed by atoms with Crippen LogP contribution in [0.2, 0.25) is 0 Å². The summed E-state index contributed by atoms with van der Waals surface area (Å²) in [5, 5.41) is 15.9. The van der Waals surface area contributed by atoms with Gasteiger partial charge in [-0.25, -0.2) is 14.3 Å². The molecule has 116 valence electrons. The maximum absolute atomic E-state index is 11.0. The van der Waals surface area contributed by atoms with Crippen molar-refractivity contribution < 1.29 is 9.90 Å². The average Bonchev–Trinajstić information content (AvgIpc) is 2.98. The van der Waals surface area contributed by atoms with Crippen LogP contribution in [0.1, 0.15) is 24.8 Å². The minimum atomic E-state index is -0.970. The molecule has 2 aromatic heterocycles. The van der Waals surface area contributed by atoms with E-state index in [1.54, 1.807) is 10.7 Å². The molecular formula is C17H16N4O2. The van der Waals surface area contributed by atoms with Gasteiger partial charge in [0.1, 0.15) is 0 Å². The van der Waals surface area contributed by atoms with Gasteiger partial charge in [0.15, 0.2) is 5.65 Å². The third kappa shape index (κ3) is 2.32. The van der Waals surface area contributed by atoms with Gasteiger partial charge in [-0.3, -0.25) is 0 Å². The molecule has 0 unspecified atom stereocenters. The number of nitrogens with one attached hydrogen (secondary N) is 1. The number of aromatic nitrogens is 3. The van der Waals surface area contributed by atoms with E-state index in [-0.39, 0.29) is 0 Å². The molecule has 0 radical (unpaired) electrons. The Kier molecular flexibility index (Phi) is 3.04. The fraction of sp³-hybridized carbons (Fsp3) is 0.235. The topological polar surface area (TPSA) is 79.5 Å². The average molecular weight is 308 g/mol. The van der Waals surface area contributed by atoms with Crippen LogP contribution in [0.15, 0.2) is 48.9 Å². The Morgan fingerprint density at radius 2 is 1.96 bits per heavy atom. The van der Waals surface area contributed by atoms with E-state index in [0.29, 0.717) is 0 Å². The molecule has 1 aromatic carbocycles. The molecule has 1 aliphatic carbocycles. The van der Waals surface area contributed by atoms with Crippen molar-refractivity contribution in [1.82, 2.24) is 19.9 Å². The predicted octanol–water partition coefficient (Wildman–Crippen LogP) is 3.04. The number of rotatable bonds is 3. The van der Waals surface area contributed by atoms with Gasteiger partial charge < -0.3 is 10.4 Å². The minimum Gasteiger partial charge on any atom is -0.465 e. The highest BCUT2D eigenvalue weighted by molar-refractivity contribution is 5.67. The van der Waals surface area contributed by atoms with Crippen LogP contribution >= 0.6 is 0 Å². The smallest absolute Gasteiger partial charge is 0.405 e. The summed E-state index contributed by atoms with van der Waals surface area (Å²) in [6.07, 6.45) is 7.24. The van der Waals surface area contributed by atoms with Crippen molar-refractivity contribution in [3.8, 4) is 11.1 Å². The first-order valence-electron chi connectivity index (χ1n) is 7.58. The summed E-state index contributed by atoms with van der Waals surface area (Å²) in [6.45, 7) is 0. The van der Waals surface area contributed by atoms with Crippen LogP contribution in [0.5, 0.6) is 0 Å². The molecule has 1 saturated carbocycles. The van der Waals surface area contributed by atoms with Gasteiger partial charge in [-0.2, -0.15) is 5.10 Å². The van der Waals surface area contributed by atoms with Crippen molar-refractivity contribution in [1.29, 1.82) is 0 Å². The molecule has 0 aliphatic heterocycles. The molecule has 1 aliphatic rings. The Hall–Kier alpha value is -2.89. The van der Waals surface area contributed by atoms with Crippen LogP contribution in [-0.4, -0.2) is 25.8 Å². The normalized spacial score (nSPS) is 16.0. The van der Waals surface area contributed by atoms with Gasteiger partial charge in [0.2, 0.25) is 0 Å². The Balaban J connectivity index is 1.66. The number of carboxylic acid groups (broad SMARTS) is 1. The van der Waals surface area contributed by atoms with E-state index in [4.69, 9.17) is 5.11 Å². The third-order valence-corrected chi connectivity index (χ3v) is 4.57. The van der Waals surface area contributed by atoms with Gasteiger partial charge in [0, 0.05) is 24.0 Å². The first-order chi connectivity index (χ1) is 11.2. The number of carbonyl (C=O) groups is 1. The molecule has 1 fully saturated rings. The van der Waals surface area contributed by atoms with Crippen molar-refractivity contribution in [2.24, 2.45) is 0 Å². The van der Waals surface area contributed by atoms with Gasteiger partial charge in [-0.15, -0.1) is 0 Å². The van der Waals surface area contributed by atoms with Crippen molar-refractivity contribution in [3.05, 3.63) is 54.5 Å². The lowest BCUT2D eigenvalue weighted by Gasteiger charge is -2.42. The molecular weight excluding hydrogens is 292 g/mol. The summed E-state index contributed by atoms with van der Waals surface area (Å²) in [4.78, 5) is 15.4. The fourth-order valence-corrected chi connectivity index (χ4v) is 3.16. The molecule has 4 rings (SSSR count). The largest absolute Gasteiger partial charge is 0.465 e. The first kappa shape index (κ1) is 13.8. The molecule has 1 amide bonds. The molecule has 0 bridgehead atoms. The van der Waals surface area contributed by atoms with Crippen LogP contribution in [-0.2, 0) is 5.54 Å². The molecule has 23 heavy (non-hydrogen) atoms. The van der Waals surface area contributed by atoms with E-state index in [0.717, 1.165) is 41.6 Å². The molecule has 6 nitrogen and oxygen atoms in total. The Morgan fingerprint density at radius 3 is 2.61 bits per heavy atom. The summed E-state index contributed by atoms with van der Waals surface area (Å²) < 4.78 is 1.74. The molecule has 2 heterocycles. The molecule has 0 atom stereocenters. The highest BCUT2D eigenvalue weighted by Crippen LogP contribution is 2.41. The van der Waals surface area contributed by atoms with Gasteiger partial charge in [-0.05, 0) is 30.4 Å². The van der Waals surface area contributed by atoms with Gasteiger partial charge in [0.05, 0.1) is 11.7 Å². The van der Waals surface area contributed by atoms with Crippen LogP contribution in [0.4, 0.5) is 4.79 Å². The number of fused-ring (bicyclic) bond motifs is 1. The van der Waals surface area contributed by atoms with Crippen molar-refractivity contribution in [2.75, 3.05) is 0 Å². The number of hydrogen-bond acceptors (Lipinski definition) is 3. The van der Waals surface area contributed by atoms with Crippen LogP contribution in [0.3, 0.4) is 0 Å². The van der Waals surface area contributed by atoms with Gasteiger partial charge in [0.25, 0.3) is 0 Å². The van der Waals surface area contributed by atoms with Gasteiger partial charge >= 0.3 is 6.09 Å². The monoisotopic (exact) mass is 308 g/mol. The highest BCUT2D eigenvalue weighted by atomic mass is 16.4. The maximum atomic E-state index is 11.0. The maximum Gasteiger partial charge on any atom is 0.405 e. The first-order valence-corrected chi connectivity index (χ1v) is 7.58. The lowest BCUT2D eigenvalue weighted by molar-refractivity contribution is 0.144. The predicted molar refractivity (Wildman–Crippen MR) is 85.1 cm³/mol. The number of hydrogen-bond donors (Lipinski definition) is 2. The van der Waals surface area contributed by atoms with E-state index >= 15 is 0 Å². The molecule has 2 N–H and O–H groups in total. The van der Waals surface area contributed by atoms with E-state index < -0.39 is 11.6 Å². The zero-order valence-electron chi connectivity index (χ0n) is 12.4. The summed E-state index contributed by atoms with van der Waals surface area (Å²) in [6, 6.07) is 9.86. The lowest BCUT2D eigenvalue weighted by atomic mass is 9.71.